The van der Waals surface area contributed by atoms with Crippen molar-refractivity contribution in [1.82, 2.24) is 9.80 Å². The molecule has 0 aliphatic rings. The molecule has 0 saturated carbocycles. The Kier molecular flexibility index (Phi) is 8.94. The average Bonchev–Trinajstić information content (AvgIpc) is 2.44. The summed E-state index contributed by atoms with van der Waals surface area (Å²) >= 11 is 0. The molecule has 0 spiro atoms. The van der Waals surface area contributed by atoms with Crippen LogP contribution in [0.5, 0.6) is 0 Å². The Morgan fingerprint density at radius 1 is 0.952 bits per heavy atom. The van der Waals surface area contributed by atoms with Crippen LogP contribution in [0.15, 0.2) is 35.3 Å². The molecule has 0 aliphatic heterocycles. The molecule has 0 bridgehead atoms. The van der Waals surface area contributed by atoms with Crippen molar-refractivity contribution in [2.45, 2.75) is 32.1 Å². The van der Waals surface area contributed by atoms with E-state index in [1.807, 2.05) is 28.2 Å². The van der Waals surface area contributed by atoms with Gasteiger partial charge in [0, 0.05) is 33.6 Å². The van der Waals surface area contributed by atoms with E-state index in [4.69, 9.17) is 4.99 Å². The average molecular weight is 403 g/mol. The zero-order valence-electron chi connectivity index (χ0n) is 14.3. The largest absolute Gasteiger partial charge is 0.349 e. The Labute approximate surface area is 147 Å². The number of benzene rings is 1. The second-order valence-corrected chi connectivity index (χ2v) is 5.76. The molecule has 3 nitrogen and oxygen atoms in total. The maximum atomic E-state index is 4.88. The number of nitrogens with zero attached hydrogens (tertiary/aromatic N) is 3. The number of hydrogen-bond acceptors (Lipinski definition) is 1. The van der Waals surface area contributed by atoms with Crippen LogP contribution in [-0.2, 0) is 5.41 Å². The third-order valence-corrected chi connectivity index (χ3v) is 4.06. The Bertz CT molecular complexity index is 413. The van der Waals surface area contributed by atoms with Crippen LogP contribution in [0.1, 0.15) is 32.3 Å². The lowest BCUT2D eigenvalue weighted by Gasteiger charge is -2.32. The Hall–Kier alpha value is -0.780. The van der Waals surface area contributed by atoms with Gasteiger partial charge in [0.25, 0.3) is 0 Å². The van der Waals surface area contributed by atoms with Crippen molar-refractivity contribution >= 4 is 29.9 Å². The van der Waals surface area contributed by atoms with Crippen molar-refractivity contribution < 1.29 is 0 Å². The van der Waals surface area contributed by atoms with Crippen molar-refractivity contribution in [1.29, 1.82) is 0 Å². The molecule has 0 N–H and O–H groups in total. The van der Waals surface area contributed by atoms with Gasteiger partial charge < -0.3 is 9.80 Å². The molecule has 0 amide bonds. The third-order valence-electron chi connectivity index (χ3n) is 4.06. The van der Waals surface area contributed by atoms with Crippen LogP contribution in [0.4, 0.5) is 0 Å². The topological polar surface area (TPSA) is 18.8 Å². The van der Waals surface area contributed by atoms with Crippen LogP contribution in [0, 0.1) is 0 Å². The summed E-state index contributed by atoms with van der Waals surface area (Å²) < 4.78 is 0. The standard InChI is InChI=1S/C17H29N3.HI/c1-7-17(8-2,15-12-10-9-11-13-15)14-18-16(19(3)4)20(5)6;/h9-13H,7-8,14H2,1-6H3;1H. The first-order valence-corrected chi connectivity index (χ1v) is 7.41. The fourth-order valence-corrected chi connectivity index (χ4v) is 2.67. The number of aliphatic imine (C=N–C) groups is 1. The van der Waals surface area contributed by atoms with E-state index >= 15 is 0 Å². The smallest absolute Gasteiger partial charge is 0.195 e. The summed E-state index contributed by atoms with van der Waals surface area (Å²) in [4.78, 5) is 9.02. The maximum Gasteiger partial charge on any atom is 0.195 e. The van der Waals surface area contributed by atoms with Crippen LogP contribution in [0.3, 0.4) is 0 Å². The van der Waals surface area contributed by atoms with Gasteiger partial charge in [-0.25, -0.2) is 0 Å². The van der Waals surface area contributed by atoms with E-state index in [9.17, 15) is 0 Å². The molecule has 4 heteroatoms. The minimum atomic E-state index is 0. The lowest BCUT2D eigenvalue weighted by Crippen LogP contribution is -2.37. The van der Waals surface area contributed by atoms with Crippen molar-refractivity contribution in [3.8, 4) is 0 Å². The highest BCUT2D eigenvalue weighted by Gasteiger charge is 2.28. The molecule has 0 radical (unpaired) electrons. The van der Waals surface area contributed by atoms with Gasteiger partial charge in [0.05, 0.1) is 6.54 Å². The molecule has 0 fully saturated rings. The molecule has 0 aliphatic carbocycles. The predicted octanol–water partition coefficient (Wildman–Crippen LogP) is 3.84. The third kappa shape index (κ3) is 5.16. The van der Waals surface area contributed by atoms with Gasteiger partial charge in [0.15, 0.2) is 5.96 Å². The van der Waals surface area contributed by atoms with E-state index in [-0.39, 0.29) is 29.4 Å². The number of halogens is 1. The first-order valence-electron chi connectivity index (χ1n) is 7.41. The zero-order chi connectivity index (χ0) is 15.2. The molecule has 1 aromatic carbocycles. The highest BCUT2D eigenvalue weighted by molar-refractivity contribution is 14.0. The minimum Gasteiger partial charge on any atom is -0.349 e. The number of hydrogen-bond donors (Lipinski definition) is 0. The fraction of sp³-hybridized carbons (Fsp3) is 0.588. The summed E-state index contributed by atoms with van der Waals surface area (Å²) in [7, 11) is 8.17. The minimum absolute atomic E-state index is 0. The zero-order valence-corrected chi connectivity index (χ0v) is 16.6. The summed E-state index contributed by atoms with van der Waals surface area (Å²) in [5, 5.41) is 0. The van der Waals surface area contributed by atoms with Gasteiger partial charge in [0.2, 0.25) is 0 Å². The quantitative estimate of drug-likeness (QED) is 0.423. The Morgan fingerprint density at radius 3 is 1.81 bits per heavy atom. The summed E-state index contributed by atoms with van der Waals surface area (Å²) in [5.41, 5.74) is 1.53. The first kappa shape index (κ1) is 20.2. The maximum absolute atomic E-state index is 4.88. The fourth-order valence-electron chi connectivity index (χ4n) is 2.67. The van der Waals surface area contributed by atoms with E-state index in [1.165, 1.54) is 5.56 Å². The predicted molar refractivity (Wildman–Crippen MR) is 104 cm³/mol. The van der Waals surface area contributed by atoms with Gasteiger partial charge in [0.1, 0.15) is 0 Å². The molecule has 0 unspecified atom stereocenters. The van der Waals surface area contributed by atoms with Gasteiger partial charge in [-0.2, -0.15) is 0 Å². The molecular formula is C17H30IN3. The van der Waals surface area contributed by atoms with Crippen LogP contribution >= 0.6 is 24.0 Å². The van der Waals surface area contributed by atoms with E-state index in [1.54, 1.807) is 0 Å². The normalized spacial score (nSPS) is 10.6. The molecule has 1 aromatic rings. The van der Waals surface area contributed by atoms with Gasteiger partial charge >= 0.3 is 0 Å². The van der Waals surface area contributed by atoms with E-state index < -0.39 is 0 Å². The van der Waals surface area contributed by atoms with Crippen molar-refractivity contribution in [3.63, 3.8) is 0 Å². The van der Waals surface area contributed by atoms with Crippen molar-refractivity contribution in [2.24, 2.45) is 4.99 Å². The second kappa shape index (κ2) is 9.28. The summed E-state index contributed by atoms with van der Waals surface area (Å²) in [6, 6.07) is 10.8. The molecule has 0 aromatic heterocycles. The van der Waals surface area contributed by atoms with Gasteiger partial charge in [-0.15, -0.1) is 24.0 Å². The van der Waals surface area contributed by atoms with E-state index in [0.29, 0.717) is 0 Å². The summed E-state index contributed by atoms with van der Waals surface area (Å²) in [6.07, 6.45) is 2.20. The molecule has 0 atom stereocenters. The molecule has 21 heavy (non-hydrogen) atoms. The molecular weight excluding hydrogens is 373 g/mol. The number of guanidine groups is 1. The van der Waals surface area contributed by atoms with Crippen LogP contribution in [0.2, 0.25) is 0 Å². The summed E-state index contributed by atoms with van der Waals surface area (Å²) in [6.45, 7) is 5.35. The number of rotatable bonds is 5. The first-order chi connectivity index (χ1) is 9.46. The molecule has 120 valence electrons. The monoisotopic (exact) mass is 403 g/mol. The Morgan fingerprint density at radius 2 is 1.43 bits per heavy atom. The van der Waals surface area contributed by atoms with E-state index in [0.717, 1.165) is 25.3 Å². The highest BCUT2D eigenvalue weighted by atomic mass is 127. The van der Waals surface area contributed by atoms with E-state index in [2.05, 4.69) is 54.0 Å². The lowest BCUT2D eigenvalue weighted by atomic mass is 9.76. The second-order valence-electron chi connectivity index (χ2n) is 5.76. The SMILES string of the molecule is CCC(CC)(CN=C(N(C)C)N(C)C)c1ccccc1.I. The van der Waals surface area contributed by atoms with Gasteiger partial charge in [-0.05, 0) is 18.4 Å². The van der Waals surface area contributed by atoms with Crippen molar-refractivity contribution in [2.75, 3.05) is 34.7 Å². The van der Waals surface area contributed by atoms with Gasteiger partial charge in [-0.1, -0.05) is 44.2 Å². The van der Waals surface area contributed by atoms with Crippen LogP contribution in [-0.4, -0.2) is 50.5 Å². The highest BCUT2D eigenvalue weighted by Crippen LogP contribution is 2.32. The summed E-state index contributed by atoms with van der Waals surface area (Å²) in [5.74, 6) is 1.02. The molecule has 1 rings (SSSR count). The Balaban J connectivity index is 0.00000400. The van der Waals surface area contributed by atoms with Crippen LogP contribution < -0.4 is 0 Å². The van der Waals surface area contributed by atoms with Gasteiger partial charge in [-0.3, -0.25) is 4.99 Å². The van der Waals surface area contributed by atoms with Crippen LogP contribution in [0.25, 0.3) is 0 Å². The van der Waals surface area contributed by atoms with Crippen molar-refractivity contribution in [3.05, 3.63) is 35.9 Å². The molecule has 0 saturated heterocycles. The molecule has 0 heterocycles. The lowest BCUT2D eigenvalue weighted by molar-refractivity contribution is 0.397.